The largest absolute Gasteiger partial charge is 0.495 e. The standard InChI is InChI=1S/C18H28N2O/c1-18(2,3)13-5-8-17(21-4)16(11-13)19-14-9-10-20(12-14)15-6-7-15/h5,8,11,14-15,19H,6-7,9-10,12H2,1-4H3. The zero-order valence-electron chi connectivity index (χ0n) is 13.8. The summed E-state index contributed by atoms with van der Waals surface area (Å²) in [5, 5.41) is 3.72. The lowest BCUT2D eigenvalue weighted by Gasteiger charge is -2.23. The van der Waals surface area contributed by atoms with Crippen LogP contribution in [0.3, 0.4) is 0 Å². The summed E-state index contributed by atoms with van der Waals surface area (Å²) < 4.78 is 5.53. The van der Waals surface area contributed by atoms with Gasteiger partial charge in [-0.25, -0.2) is 0 Å². The number of likely N-dealkylation sites (tertiary alicyclic amines) is 1. The van der Waals surface area contributed by atoms with Crippen molar-refractivity contribution in [3.8, 4) is 5.75 Å². The molecule has 2 fully saturated rings. The van der Waals surface area contributed by atoms with E-state index in [1.165, 1.54) is 37.9 Å². The smallest absolute Gasteiger partial charge is 0.141 e. The molecular formula is C18H28N2O. The van der Waals surface area contributed by atoms with E-state index in [4.69, 9.17) is 4.74 Å². The van der Waals surface area contributed by atoms with E-state index in [1.54, 1.807) is 7.11 Å². The van der Waals surface area contributed by atoms with E-state index in [0.717, 1.165) is 17.5 Å². The molecule has 1 unspecified atom stereocenters. The highest BCUT2D eigenvalue weighted by molar-refractivity contribution is 5.59. The summed E-state index contributed by atoms with van der Waals surface area (Å²) in [6, 6.07) is 7.96. The minimum Gasteiger partial charge on any atom is -0.495 e. The highest BCUT2D eigenvalue weighted by atomic mass is 16.5. The Hall–Kier alpha value is -1.22. The van der Waals surface area contributed by atoms with Crippen molar-refractivity contribution in [3.63, 3.8) is 0 Å². The molecule has 0 radical (unpaired) electrons. The molecular weight excluding hydrogens is 260 g/mol. The first-order valence-electron chi connectivity index (χ1n) is 8.16. The Kier molecular flexibility index (Phi) is 3.87. The van der Waals surface area contributed by atoms with Crippen molar-refractivity contribution in [3.05, 3.63) is 23.8 Å². The molecule has 3 rings (SSSR count). The normalized spacial score (nSPS) is 23.3. The molecule has 21 heavy (non-hydrogen) atoms. The summed E-state index contributed by atoms with van der Waals surface area (Å²) in [6.07, 6.45) is 4.03. The molecule has 0 aromatic heterocycles. The second-order valence-corrected chi connectivity index (χ2v) is 7.52. The van der Waals surface area contributed by atoms with Gasteiger partial charge in [-0.3, -0.25) is 4.90 Å². The molecule has 0 spiro atoms. The SMILES string of the molecule is COc1ccc(C(C)(C)C)cc1NC1CCN(C2CC2)C1. The Bertz CT molecular complexity index is 502. The van der Waals surface area contributed by atoms with Gasteiger partial charge in [-0.15, -0.1) is 0 Å². The van der Waals surface area contributed by atoms with Gasteiger partial charge in [-0.1, -0.05) is 26.8 Å². The maximum Gasteiger partial charge on any atom is 0.141 e. The zero-order chi connectivity index (χ0) is 15.0. The molecule has 1 aliphatic carbocycles. The fraction of sp³-hybridized carbons (Fsp3) is 0.667. The number of hydrogen-bond acceptors (Lipinski definition) is 3. The number of nitrogens with zero attached hydrogens (tertiary/aromatic N) is 1. The quantitative estimate of drug-likeness (QED) is 0.915. The van der Waals surface area contributed by atoms with Crippen LogP contribution in [0.25, 0.3) is 0 Å². The van der Waals surface area contributed by atoms with Crippen LogP contribution in [-0.4, -0.2) is 37.2 Å². The van der Waals surface area contributed by atoms with Crippen LogP contribution >= 0.6 is 0 Å². The third-order valence-electron chi connectivity index (χ3n) is 4.71. The first kappa shape index (κ1) is 14.7. The van der Waals surface area contributed by atoms with Gasteiger partial charge in [-0.2, -0.15) is 0 Å². The number of benzene rings is 1. The van der Waals surface area contributed by atoms with E-state index in [9.17, 15) is 0 Å². The van der Waals surface area contributed by atoms with Gasteiger partial charge in [0.2, 0.25) is 0 Å². The molecule has 2 aliphatic rings. The summed E-state index contributed by atoms with van der Waals surface area (Å²) in [5.74, 6) is 0.952. The minimum atomic E-state index is 0.165. The second-order valence-electron chi connectivity index (χ2n) is 7.52. The number of hydrogen-bond donors (Lipinski definition) is 1. The number of ether oxygens (including phenoxy) is 1. The summed E-state index contributed by atoms with van der Waals surface area (Å²) in [4.78, 5) is 2.64. The van der Waals surface area contributed by atoms with Crippen molar-refractivity contribution in [1.29, 1.82) is 0 Å². The maximum atomic E-state index is 5.53. The van der Waals surface area contributed by atoms with Crippen LogP contribution in [0.5, 0.6) is 5.75 Å². The summed E-state index contributed by atoms with van der Waals surface area (Å²) >= 11 is 0. The monoisotopic (exact) mass is 288 g/mol. The van der Waals surface area contributed by atoms with Crippen molar-refractivity contribution in [1.82, 2.24) is 4.90 Å². The van der Waals surface area contributed by atoms with Crippen molar-refractivity contribution < 1.29 is 4.74 Å². The van der Waals surface area contributed by atoms with Crippen LogP contribution < -0.4 is 10.1 Å². The lowest BCUT2D eigenvalue weighted by Crippen LogP contribution is -2.28. The first-order chi connectivity index (χ1) is 9.97. The predicted molar refractivity (Wildman–Crippen MR) is 88.3 cm³/mol. The molecule has 116 valence electrons. The van der Waals surface area contributed by atoms with Gasteiger partial charge in [0.25, 0.3) is 0 Å². The molecule has 3 heteroatoms. The van der Waals surface area contributed by atoms with E-state index in [0.29, 0.717) is 6.04 Å². The second kappa shape index (κ2) is 5.53. The highest BCUT2D eigenvalue weighted by Crippen LogP contribution is 2.34. The molecule has 1 aliphatic heterocycles. The van der Waals surface area contributed by atoms with Gasteiger partial charge >= 0.3 is 0 Å². The van der Waals surface area contributed by atoms with Crippen LogP contribution in [0.1, 0.15) is 45.6 Å². The molecule has 3 nitrogen and oxygen atoms in total. The van der Waals surface area contributed by atoms with E-state index < -0.39 is 0 Å². The minimum absolute atomic E-state index is 0.165. The van der Waals surface area contributed by atoms with Gasteiger partial charge in [0.1, 0.15) is 5.75 Å². The molecule has 1 heterocycles. The van der Waals surface area contributed by atoms with E-state index >= 15 is 0 Å². The van der Waals surface area contributed by atoms with Crippen molar-refractivity contribution in [2.75, 3.05) is 25.5 Å². The Morgan fingerprint density at radius 1 is 1.19 bits per heavy atom. The fourth-order valence-electron chi connectivity index (χ4n) is 3.18. The topological polar surface area (TPSA) is 24.5 Å². The number of rotatable bonds is 4. The van der Waals surface area contributed by atoms with Crippen LogP contribution in [0.4, 0.5) is 5.69 Å². The Labute approximate surface area is 128 Å². The van der Waals surface area contributed by atoms with Crippen molar-refractivity contribution in [2.24, 2.45) is 0 Å². The van der Waals surface area contributed by atoms with Crippen molar-refractivity contribution >= 4 is 5.69 Å². The van der Waals surface area contributed by atoms with Crippen molar-refractivity contribution in [2.45, 2.75) is 57.5 Å². The van der Waals surface area contributed by atoms with Gasteiger partial charge in [0, 0.05) is 25.2 Å². The number of methoxy groups -OCH3 is 1. The maximum absolute atomic E-state index is 5.53. The van der Waals surface area contributed by atoms with Gasteiger partial charge < -0.3 is 10.1 Å². The van der Waals surface area contributed by atoms with Gasteiger partial charge in [-0.05, 0) is 42.4 Å². The Morgan fingerprint density at radius 2 is 1.95 bits per heavy atom. The molecule has 1 saturated heterocycles. The molecule has 1 atom stereocenters. The average Bonchev–Trinajstić information content (AvgIpc) is 3.18. The van der Waals surface area contributed by atoms with Crippen LogP contribution in [0, 0.1) is 0 Å². The summed E-state index contributed by atoms with van der Waals surface area (Å²) in [6.45, 7) is 9.17. The third-order valence-corrected chi connectivity index (χ3v) is 4.71. The Balaban J connectivity index is 1.73. The molecule has 0 amide bonds. The molecule has 1 aromatic rings. The lowest BCUT2D eigenvalue weighted by molar-refractivity contribution is 0.326. The van der Waals surface area contributed by atoms with Gasteiger partial charge in [0.05, 0.1) is 12.8 Å². The van der Waals surface area contributed by atoms with Gasteiger partial charge in [0.15, 0.2) is 0 Å². The van der Waals surface area contributed by atoms with Crippen LogP contribution in [0.15, 0.2) is 18.2 Å². The molecule has 0 bridgehead atoms. The molecule has 1 N–H and O–H groups in total. The summed E-state index contributed by atoms with van der Waals surface area (Å²) in [7, 11) is 1.75. The Morgan fingerprint density at radius 3 is 2.57 bits per heavy atom. The van der Waals surface area contributed by atoms with E-state index in [2.05, 4.69) is 49.2 Å². The molecule has 1 saturated carbocycles. The number of anilines is 1. The average molecular weight is 288 g/mol. The first-order valence-corrected chi connectivity index (χ1v) is 8.16. The number of nitrogens with one attached hydrogen (secondary N) is 1. The predicted octanol–water partition coefficient (Wildman–Crippen LogP) is 3.64. The molecule has 1 aromatic carbocycles. The van der Waals surface area contributed by atoms with Crippen LogP contribution in [0.2, 0.25) is 0 Å². The van der Waals surface area contributed by atoms with E-state index in [-0.39, 0.29) is 5.41 Å². The summed E-state index contributed by atoms with van der Waals surface area (Å²) in [5.41, 5.74) is 2.66. The van der Waals surface area contributed by atoms with E-state index in [1.807, 2.05) is 0 Å². The zero-order valence-corrected chi connectivity index (χ0v) is 13.8. The fourth-order valence-corrected chi connectivity index (χ4v) is 3.18. The van der Waals surface area contributed by atoms with Crippen LogP contribution in [-0.2, 0) is 5.41 Å². The third kappa shape index (κ3) is 3.34. The highest BCUT2D eigenvalue weighted by Gasteiger charge is 2.34. The lowest BCUT2D eigenvalue weighted by atomic mass is 9.86.